The Labute approximate surface area is 192 Å². The number of carbonyl (C=O) groups is 4. The van der Waals surface area contributed by atoms with Gasteiger partial charge in [-0.2, -0.15) is 0 Å². The SMILES string of the molecule is CCOc1cc(Cl)ccc1N1CCN2OC(=O)/C=C/C(=O)O[C@@]2(C)C12OC(=O)C=CC(=O)O2. The van der Waals surface area contributed by atoms with E-state index in [1.807, 2.05) is 0 Å². The maximum Gasteiger partial charge on any atom is 0.403 e. The van der Waals surface area contributed by atoms with Crippen molar-refractivity contribution in [2.75, 3.05) is 24.6 Å². The monoisotopic (exact) mass is 478 g/mol. The van der Waals surface area contributed by atoms with Crippen molar-refractivity contribution >= 4 is 41.2 Å². The van der Waals surface area contributed by atoms with Crippen molar-refractivity contribution in [3.05, 3.63) is 47.5 Å². The summed E-state index contributed by atoms with van der Waals surface area (Å²) >= 11 is 6.13. The van der Waals surface area contributed by atoms with E-state index in [-0.39, 0.29) is 19.7 Å². The van der Waals surface area contributed by atoms with Gasteiger partial charge in [0.05, 0.1) is 18.8 Å². The van der Waals surface area contributed by atoms with E-state index in [9.17, 15) is 19.2 Å². The predicted molar refractivity (Wildman–Crippen MR) is 110 cm³/mol. The predicted octanol–water partition coefficient (Wildman–Crippen LogP) is 1.46. The molecule has 0 saturated carbocycles. The maximum atomic E-state index is 12.6. The number of rotatable bonds is 3. The molecule has 3 heterocycles. The Morgan fingerprint density at radius 2 is 1.55 bits per heavy atom. The van der Waals surface area contributed by atoms with E-state index in [0.717, 1.165) is 29.4 Å². The lowest BCUT2D eigenvalue weighted by molar-refractivity contribution is -0.388. The number of anilines is 1. The highest BCUT2D eigenvalue weighted by Crippen LogP contribution is 2.47. The van der Waals surface area contributed by atoms with Gasteiger partial charge >= 0.3 is 29.8 Å². The molecule has 1 atom stereocenters. The first-order valence-electron chi connectivity index (χ1n) is 9.93. The second-order valence-corrected chi connectivity index (χ2v) is 7.64. The summed E-state index contributed by atoms with van der Waals surface area (Å²) in [6.45, 7) is 3.30. The quantitative estimate of drug-likeness (QED) is 0.587. The molecule has 12 heteroatoms. The van der Waals surface area contributed by atoms with Crippen molar-refractivity contribution in [2.24, 2.45) is 0 Å². The van der Waals surface area contributed by atoms with Crippen LogP contribution in [-0.2, 0) is 38.2 Å². The highest BCUT2D eigenvalue weighted by molar-refractivity contribution is 6.30. The number of hydrogen-bond donors (Lipinski definition) is 0. The number of piperazine rings is 1. The van der Waals surface area contributed by atoms with Crippen LogP contribution in [0.3, 0.4) is 0 Å². The molecule has 1 fully saturated rings. The average Bonchev–Trinajstić information content (AvgIpc) is 2.90. The van der Waals surface area contributed by atoms with Gasteiger partial charge in [-0.25, -0.2) is 19.2 Å². The number of hydrogen-bond acceptors (Lipinski definition) is 11. The van der Waals surface area contributed by atoms with Crippen LogP contribution < -0.4 is 9.64 Å². The summed E-state index contributed by atoms with van der Waals surface area (Å²) in [5.41, 5.74) is -1.80. The first-order valence-corrected chi connectivity index (χ1v) is 10.3. The van der Waals surface area contributed by atoms with Crippen LogP contribution in [0, 0.1) is 0 Å². The van der Waals surface area contributed by atoms with Gasteiger partial charge in [0.15, 0.2) is 0 Å². The van der Waals surface area contributed by atoms with Gasteiger partial charge in [0.1, 0.15) is 5.75 Å². The number of benzene rings is 1. The van der Waals surface area contributed by atoms with E-state index in [0.29, 0.717) is 16.5 Å². The third-order valence-electron chi connectivity index (χ3n) is 5.15. The molecule has 1 spiro atoms. The Morgan fingerprint density at radius 1 is 0.939 bits per heavy atom. The van der Waals surface area contributed by atoms with Crippen molar-refractivity contribution in [2.45, 2.75) is 25.5 Å². The minimum absolute atomic E-state index is 0.00754. The van der Waals surface area contributed by atoms with Crippen LogP contribution in [0.5, 0.6) is 5.75 Å². The normalized spacial score (nSPS) is 25.6. The lowest BCUT2D eigenvalue weighted by atomic mass is 10.0. The third-order valence-corrected chi connectivity index (χ3v) is 5.38. The van der Waals surface area contributed by atoms with Crippen LogP contribution in [0.15, 0.2) is 42.5 Å². The van der Waals surface area contributed by atoms with Gasteiger partial charge in [0.2, 0.25) is 0 Å². The molecule has 0 aliphatic carbocycles. The first-order chi connectivity index (χ1) is 15.7. The molecule has 0 bridgehead atoms. The summed E-state index contributed by atoms with van der Waals surface area (Å²) in [5.74, 6) is -5.86. The van der Waals surface area contributed by atoms with Crippen LogP contribution in [0.4, 0.5) is 5.69 Å². The molecule has 0 aromatic heterocycles. The molecule has 0 amide bonds. The van der Waals surface area contributed by atoms with Gasteiger partial charge < -0.3 is 23.8 Å². The molecule has 11 nitrogen and oxygen atoms in total. The zero-order valence-corrected chi connectivity index (χ0v) is 18.4. The van der Waals surface area contributed by atoms with E-state index in [2.05, 4.69) is 0 Å². The number of carbonyl (C=O) groups excluding carboxylic acids is 4. The summed E-state index contributed by atoms with van der Waals surface area (Å²) in [7, 11) is 0. The summed E-state index contributed by atoms with van der Waals surface area (Å²) in [4.78, 5) is 56.4. The molecule has 0 N–H and O–H groups in total. The smallest absolute Gasteiger partial charge is 0.403 e. The molecule has 1 aromatic rings. The summed E-state index contributed by atoms with van der Waals surface area (Å²) in [6.07, 6.45) is 3.49. The summed E-state index contributed by atoms with van der Waals surface area (Å²) in [5, 5.41) is 1.36. The number of ether oxygens (including phenoxy) is 4. The van der Waals surface area contributed by atoms with E-state index in [1.54, 1.807) is 19.1 Å². The second kappa shape index (κ2) is 8.41. The van der Waals surface area contributed by atoms with Gasteiger partial charge in [-0.05, 0) is 19.1 Å². The van der Waals surface area contributed by atoms with Gasteiger partial charge in [-0.3, -0.25) is 4.90 Å². The highest BCUT2D eigenvalue weighted by atomic mass is 35.5. The third kappa shape index (κ3) is 3.89. The lowest BCUT2D eigenvalue weighted by Gasteiger charge is -2.56. The van der Waals surface area contributed by atoms with E-state index in [1.165, 1.54) is 17.9 Å². The van der Waals surface area contributed by atoms with Crippen molar-refractivity contribution in [1.29, 1.82) is 0 Å². The lowest BCUT2D eigenvalue weighted by Crippen LogP contribution is -2.79. The molecule has 0 unspecified atom stereocenters. The largest absolute Gasteiger partial charge is 0.492 e. The van der Waals surface area contributed by atoms with Gasteiger partial charge in [0, 0.05) is 48.9 Å². The zero-order valence-electron chi connectivity index (χ0n) is 17.6. The number of nitrogens with zero attached hydrogens (tertiary/aromatic N) is 2. The Hall–Kier alpha value is -3.57. The Balaban J connectivity index is 1.94. The fourth-order valence-corrected chi connectivity index (χ4v) is 3.93. The first kappa shape index (κ1) is 22.6. The Bertz CT molecular complexity index is 1070. The van der Waals surface area contributed by atoms with Crippen LogP contribution >= 0.6 is 11.6 Å². The van der Waals surface area contributed by atoms with E-state index in [4.69, 9.17) is 35.4 Å². The van der Waals surface area contributed by atoms with Crippen molar-refractivity contribution in [3.8, 4) is 5.75 Å². The van der Waals surface area contributed by atoms with Crippen molar-refractivity contribution in [3.63, 3.8) is 0 Å². The van der Waals surface area contributed by atoms with Crippen LogP contribution in [0.2, 0.25) is 5.02 Å². The fraction of sp³-hybridized carbons (Fsp3) is 0.333. The number of halogens is 1. The summed E-state index contributed by atoms with van der Waals surface area (Å²) < 4.78 is 22.5. The molecule has 174 valence electrons. The molecule has 4 rings (SSSR count). The molecule has 3 aliphatic heterocycles. The minimum Gasteiger partial charge on any atom is -0.492 e. The van der Waals surface area contributed by atoms with Crippen LogP contribution in [-0.4, -0.2) is 60.3 Å². The standard InChI is InChI=1S/C21H19ClN2O9/c1-3-29-15-12-13(22)4-5-14(15)23-10-11-24-20(2,30-16(25)8-9-19(28)33-24)21(23)31-17(26)6-7-18(27)32-21/h4-9,12H,3,10-11H2,1-2H3/b9-8+/t20-/m0/s1. The minimum atomic E-state index is -2.41. The molecular formula is C21H19ClN2O9. The molecule has 1 aromatic carbocycles. The molecule has 0 radical (unpaired) electrons. The number of esters is 3. The van der Waals surface area contributed by atoms with Crippen LogP contribution in [0.1, 0.15) is 13.8 Å². The van der Waals surface area contributed by atoms with E-state index >= 15 is 0 Å². The number of fused-ring (bicyclic) bond motifs is 2. The van der Waals surface area contributed by atoms with Gasteiger partial charge in [-0.1, -0.05) is 16.7 Å². The Kier molecular flexibility index (Phi) is 5.76. The number of hydroxylamine groups is 2. The second-order valence-electron chi connectivity index (χ2n) is 7.20. The zero-order chi connectivity index (χ0) is 23.8. The molecule has 33 heavy (non-hydrogen) atoms. The van der Waals surface area contributed by atoms with E-state index < -0.39 is 35.5 Å². The highest BCUT2D eigenvalue weighted by Gasteiger charge is 2.70. The van der Waals surface area contributed by atoms with Crippen molar-refractivity contribution in [1.82, 2.24) is 5.06 Å². The van der Waals surface area contributed by atoms with Gasteiger partial charge in [0.25, 0.3) is 5.72 Å². The molecule has 1 saturated heterocycles. The van der Waals surface area contributed by atoms with Gasteiger partial charge in [-0.15, -0.1) is 0 Å². The Morgan fingerprint density at radius 3 is 2.18 bits per heavy atom. The van der Waals surface area contributed by atoms with Crippen molar-refractivity contribution < 1.29 is 43.0 Å². The fourth-order valence-electron chi connectivity index (χ4n) is 3.77. The molecule has 3 aliphatic rings. The molecular weight excluding hydrogens is 460 g/mol. The maximum absolute atomic E-state index is 12.6. The summed E-state index contributed by atoms with van der Waals surface area (Å²) in [6, 6.07) is 4.67. The average molecular weight is 479 g/mol. The topological polar surface area (TPSA) is 121 Å². The van der Waals surface area contributed by atoms with Crippen LogP contribution in [0.25, 0.3) is 0 Å².